The normalized spacial score (nSPS) is 19.1. The average Bonchev–Trinajstić information content (AvgIpc) is 3.11. The van der Waals surface area contributed by atoms with E-state index in [9.17, 15) is 14.7 Å². The number of amides is 1. The quantitative estimate of drug-likeness (QED) is 0.631. The van der Waals surface area contributed by atoms with Crippen molar-refractivity contribution in [2.75, 3.05) is 44.9 Å². The molecule has 1 aliphatic heterocycles. The molecular weight excluding hydrogens is 428 g/mol. The lowest BCUT2D eigenvalue weighted by Crippen LogP contribution is -2.44. The Labute approximate surface area is 192 Å². The van der Waals surface area contributed by atoms with E-state index in [4.69, 9.17) is 9.47 Å². The first-order valence-electron chi connectivity index (χ1n) is 10.7. The van der Waals surface area contributed by atoms with Gasteiger partial charge in [-0.2, -0.15) is 11.8 Å². The number of rotatable bonds is 8. The molecule has 2 aromatic rings. The van der Waals surface area contributed by atoms with E-state index in [2.05, 4.69) is 22.3 Å². The Bertz CT molecular complexity index is 923. The number of ether oxygens (including phenoxy) is 2. The molecule has 0 saturated carbocycles. The SMILES string of the molecule is CN1CCOC(CSCC(NC(=O)OCC2c3ccccc3-c3ccccc32)C(=O)O)C1. The number of morpholine rings is 1. The highest BCUT2D eigenvalue weighted by molar-refractivity contribution is 7.99. The van der Waals surface area contributed by atoms with Crippen molar-refractivity contribution in [2.24, 2.45) is 0 Å². The molecule has 2 unspecified atom stereocenters. The molecule has 0 aromatic heterocycles. The number of nitrogens with one attached hydrogen (secondary N) is 1. The van der Waals surface area contributed by atoms with Crippen LogP contribution < -0.4 is 5.32 Å². The summed E-state index contributed by atoms with van der Waals surface area (Å²) < 4.78 is 11.2. The summed E-state index contributed by atoms with van der Waals surface area (Å²) in [5.41, 5.74) is 4.52. The van der Waals surface area contributed by atoms with Gasteiger partial charge in [0, 0.05) is 30.5 Å². The van der Waals surface area contributed by atoms with Gasteiger partial charge in [-0.1, -0.05) is 48.5 Å². The van der Waals surface area contributed by atoms with Crippen molar-refractivity contribution in [1.82, 2.24) is 10.2 Å². The molecule has 1 amide bonds. The second-order valence-electron chi connectivity index (χ2n) is 8.15. The van der Waals surface area contributed by atoms with Crippen LogP contribution in [0.15, 0.2) is 48.5 Å². The van der Waals surface area contributed by atoms with Crippen LogP contribution in [0.25, 0.3) is 11.1 Å². The van der Waals surface area contributed by atoms with Crippen molar-refractivity contribution in [1.29, 1.82) is 0 Å². The molecule has 1 heterocycles. The zero-order chi connectivity index (χ0) is 22.5. The van der Waals surface area contributed by atoms with E-state index in [1.807, 2.05) is 43.4 Å². The fraction of sp³-hybridized carbons (Fsp3) is 0.417. The maximum absolute atomic E-state index is 12.4. The first-order valence-corrected chi connectivity index (χ1v) is 11.9. The predicted molar refractivity (Wildman–Crippen MR) is 124 cm³/mol. The molecule has 2 N–H and O–H groups in total. The molecule has 2 aliphatic rings. The molecule has 1 aliphatic carbocycles. The van der Waals surface area contributed by atoms with E-state index in [1.54, 1.807) is 0 Å². The highest BCUT2D eigenvalue weighted by Crippen LogP contribution is 2.44. The Kier molecular flexibility index (Phi) is 7.34. The third kappa shape index (κ3) is 5.26. The van der Waals surface area contributed by atoms with Gasteiger partial charge in [-0.3, -0.25) is 0 Å². The van der Waals surface area contributed by atoms with Gasteiger partial charge in [0.2, 0.25) is 0 Å². The fourth-order valence-electron chi connectivity index (χ4n) is 4.24. The molecule has 170 valence electrons. The van der Waals surface area contributed by atoms with Crippen LogP contribution in [0.2, 0.25) is 0 Å². The van der Waals surface area contributed by atoms with Gasteiger partial charge >= 0.3 is 12.1 Å². The van der Waals surface area contributed by atoms with Gasteiger partial charge in [0.15, 0.2) is 0 Å². The van der Waals surface area contributed by atoms with E-state index in [-0.39, 0.29) is 24.4 Å². The molecule has 1 fully saturated rings. The molecule has 8 heteroatoms. The molecular formula is C24H28N2O5S. The van der Waals surface area contributed by atoms with E-state index in [0.717, 1.165) is 35.3 Å². The van der Waals surface area contributed by atoms with Crippen LogP contribution in [0.5, 0.6) is 0 Å². The lowest BCUT2D eigenvalue weighted by Gasteiger charge is -2.30. The van der Waals surface area contributed by atoms with Gasteiger partial charge in [-0.05, 0) is 29.3 Å². The Morgan fingerprint density at radius 3 is 2.47 bits per heavy atom. The molecule has 4 rings (SSSR count). The Balaban J connectivity index is 1.30. The van der Waals surface area contributed by atoms with Crippen molar-refractivity contribution < 1.29 is 24.2 Å². The summed E-state index contributed by atoms with van der Waals surface area (Å²) in [7, 11) is 2.04. The molecule has 0 bridgehead atoms. The largest absolute Gasteiger partial charge is 0.480 e. The number of carboxylic acids is 1. The van der Waals surface area contributed by atoms with Crippen LogP contribution in [-0.4, -0.2) is 79.1 Å². The monoisotopic (exact) mass is 456 g/mol. The van der Waals surface area contributed by atoms with Crippen molar-refractivity contribution in [2.45, 2.75) is 18.1 Å². The first kappa shape index (κ1) is 22.6. The van der Waals surface area contributed by atoms with Gasteiger partial charge in [0.05, 0.1) is 12.7 Å². The van der Waals surface area contributed by atoms with Crippen LogP contribution in [0, 0.1) is 0 Å². The third-order valence-corrected chi connectivity index (χ3v) is 7.04. The van der Waals surface area contributed by atoms with Gasteiger partial charge in [0.25, 0.3) is 0 Å². The molecule has 0 spiro atoms. The second kappa shape index (κ2) is 10.4. The highest BCUT2D eigenvalue weighted by atomic mass is 32.2. The number of aliphatic carboxylic acids is 1. The van der Waals surface area contributed by atoms with Crippen LogP contribution in [0.1, 0.15) is 17.0 Å². The minimum absolute atomic E-state index is 0.0637. The Hall–Kier alpha value is -2.55. The first-order chi connectivity index (χ1) is 15.5. The van der Waals surface area contributed by atoms with Gasteiger partial charge in [-0.25, -0.2) is 9.59 Å². The van der Waals surface area contributed by atoms with Gasteiger partial charge in [-0.15, -0.1) is 0 Å². The maximum atomic E-state index is 12.4. The molecule has 0 radical (unpaired) electrons. The van der Waals surface area contributed by atoms with Gasteiger partial charge in [0.1, 0.15) is 12.6 Å². The number of carboxylic acid groups (broad SMARTS) is 1. The summed E-state index contributed by atoms with van der Waals surface area (Å²) in [6, 6.07) is 15.2. The summed E-state index contributed by atoms with van der Waals surface area (Å²) in [6.07, 6.45) is -0.642. The van der Waals surface area contributed by atoms with Crippen LogP contribution >= 0.6 is 11.8 Å². The van der Waals surface area contributed by atoms with Crippen LogP contribution in [0.4, 0.5) is 4.79 Å². The lowest BCUT2D eigenvalue weighted by molar-refractivity contribution is -0.138. The number of benzene rings is 2. The summed E-state index contributed by atoms with van der Waals surface area (Å²) in [6.45, 7) is 2.57. The second-order valence-corrected chi connectivity index (χ2v) is 9.23. The number of likely N-dealkylation sites (N-methyl/N-ethyl adjacent to an activating group) is 1. The number of hydrogen-bond acceptors (Lipinski definition) is 6. The number of carbonyl (C=O) groups is 2. The maximum Gasteiger partial charge on any atom is 0.407 e. The zero-order valence-electron chi connectivity index (χ0n) is 18.0. The number of nitrogens with zero attached hydrogens (tertiary/aromatic N) is 1. The molecule has 1 saturated heterocycles. The van der Waals surface area contributed by atoms with Crippen molar-refractivity contribution in [3.63, 3.8) is 0 Å². The lowest BCUT2D eigenvalue weighted by atomic mass is 9.98. The number of carbonyl (C=O) groups excluding carboxylic acids is 1. The van der Waals surface area contributed by atoms with E-state index in [1.165, 1.54) is 11.8 Å². The Morgan fingerprint density at radius 2 is 1.84 bits per heavy atom. The predicted octanol–water partition coefficient (Wildman–Crippen LogP) is 3.04. The number of thioether (sulfide) groups is 1. The van der Waals surface area contributed by atoms with E-state index < -0.39 is 18.1 Å². The molecule has 2 atom stereocenters. The van der Waals surface area contributed by atoms with Crippen molar-refractivity contribution >= 4 is 23.8 Å². The number of alkyl carbamates (subject to hydrolysis) is 1. The zero-order valence-corrected chi connectivity index (χ0v) is 18.8. The number of fused-ring (bicyclic) bond motifs is 3. The number of hydrogen-bond donors (Lipinski definition) is 2. The van der Waals surface area contributed by atoms with Crippen LogP contribution in [-0.2, 0) is 14.3 Å². The average molecular weight is 457 g/mol. The summed E-state index contributed by atoms with van der Waals surface area (Å²) in [4.78, 5) is 26.2. The molecule has 2 aromatic carbocycles. The Morgan fingerprint density at radius 1 is 1.19 bits per heavy atom. The van der Waals surface area contributed by atoms with Crippen molar-refractivity contribution in [3.8, 4) is 11.1 Å². The minimum Gasteiger partial charge on any atom is -0.480 e. The van der Waals surface area contributed by atoms with Gasteiger partial charge < -0.3 is 24.8 Å². The third-order valence-electron chi connectivity index (χ3n) is 5.86. The fourth-order valence-corrected chi connectivity index (χ4v) is 5.30. The standard InChI is InChI=1S/C24H28N2O5S/c1-26-10-11-30-16(12-26)14-32-15-22(23(27)28)25-24(29)31-13-21-19-8-4-2-6-17(19)18-7-3-5-9-20(18)21/h2-9,16,21-22H,10-15H2,1H3,(H,25,29)(H,27,28). The molecule has 7 nitrogen and oxygen atoms in total. The van der Waals surface area contributed by atoms with E-state index >= 15 is 0 Å². The topological polar surface area (TPSA) is 88.1 Å². The van der Waals surface area contributed by atoms with Crippen molar-refractivity contribution in [3.05, 3.63) is 59.7 Å². The smallest absolute Gasteiger partial charge is 0.407 e. The van der Waals surface area contributed by atoms with Crippen LogP contribution in [0.3, 0.4) is 0 Å². The summed E-state index contributed by atoms with van der Waals surface area (Å²) in [5, 5.41) is 12.0. The minimum atomic E-state index is -1.08. The highest BCUT2D eigenvalue weighted by Gasteiger charge is 2.30. The molecule has 32 heavy (non-hydrogen) atoms. The summed E-state index contributed by atoms with van der Waals surface area (Å²) in [5.74, 6) is -0.206. The summed E-state index contributed by atoms with van der Waals surface area (Å²) >= 11 is 1.46. The van der Waals surface area contributed by atoms with E-state index in [0.29, 0.717) is 12.4 Å².